The first-order valence-electron chi connectivity index (χ1n) is 10.6. The zero-order valence-corrected chi connectivity index (χ0v) is 20.3. The van der Waals surface area contributed by atoms with Crippen LogP contribution in [0.1, 0.15) is 5.56 Å². The van der Waals surface area contributed by atoms with Crippen molar-refractivity contribution in [3.05, 3.63) is 121 Å². The van der Waals surface area contributed by atoms with Gasteiger partial charge in [-0.15, -0.1) is 0 Å². The first-order valence-corrected chi connectivity index (χ1v) is 13.1. The molecule has 1 aliphatic heterocycles. The van der Waals surface area contributed by atoms with Crippen LogP contribution in [0.15, 0.2) is 145 Å². The number of hydrogen-bond acceptors (Lipinski definition) is 5. The largest absolute Gasteiger partial charge is 0.460 e. The Labute approximate surface area is 207 Å². The van der Waals surface area contributed by atoms with Crippen molar-refractivity contribution >= 4 is 35.3 Å². The Kier molecular flexibility index (Phi) is 7.43. The van der Waals surface area contributed by atoms with E-state index in [4.69, 9.17) is 9.47 Å². The lowest BCUT2D eigenvalue weighted by atomic mass is 10.2. The summed E-state index contributed by atoms with van der Waals surface area (Å²) in [5, 5.41) is 0. The summed E-state index contributed by atoms with van der Waals surface area (Å²) in [4.78, 5) is 7.30. The molecule has 0 aliphatic carbocycles. The van der Waals surface area contributed by atoms with E-state index in [1.165, 1.54) is 34.9 Å². The molecule has 0 fully saturated rings. The lowest BCUT2D eigenvalue weighted by Crippen LogP contribution is -1.99. The van der Waals surface area contributed by atoms with Crippen LogP contribution in [0.2, 0.25) is 0 Å². The Bertz CT molecular complexity index is 1160. The molecule has 4 aromatic carbocycles. The quantitative estimate of drug-likeness (QED) is 0.223. The lowest BCUT2D eigenvalue weighted by Gasteiger charge is -2.17. The van der Waals surface area contributed by atoms with Gasteiger partial charge in [-0.3, -0.25) is 0 Å². The van der Waals surface area contributed by atoms with Gasteiger partial charge < -0.3 is 9.47 Å². The molecule has 164 valence electrons. The summed E-state index contributed by atoms with van der Waals surface area (Å²) >= 11 is 5.36. The van der Waals surface area contributed by atoms with Gasteiger partial charge in [0.2, 0.25) is 0 Å². The van der Waals surface area contributed by atoms with Crippen molar-refractivity contribution in [1.82, 2.24) is 0 Å². The summed E-state index contributed by atoms with van der Waals surface area (Å²) in [5.41, 5.74) is 1.20. The highest BCUT2D eigenvalue weighted by Crippen LogP contribution is 2.43. The minimum atomic E-state index is 0.505. The van der Waals surface area contributed by atoms with Crippen LogP contribution in [-0.2, 0) is 16.1 Å². The first kappa shape index (κ1) is 22.2. The normalized spacial score (nSPS) is 12.2. The van der Waals surface area contributed by atoms with E-state index in [0.29, 0.717) is 13.2 Å². The standard InChI is InChI=1S/C28H22O2S3/c1-4-10-22(11-5-1)31-25-16-27(32-23-12-6-2-7-13-23)26(20-29-18-21-19-30-21)28(17-25)33-24-14-8-3-9-15-24/h1-17,19H,18,20H2. The Morgan fingerprint density at radius 3 is 1.45 bits per heavy atom. The highest BCUT2D eigenvalue weighted by Gasteiger charge is 2.17. The molecule has 4 aromatic rings. The molecule has 5 rings (SSSR count). The second-order valence-electron chi connectivity index (χ2n) is 7.34. The molecule has 0 N–H and O–H groups in total. The Morgan fingerprint density at radius 1 is 0.545 bits per heavy atom. The molecule has 0 saturated heterocycles. The van der Waals surface area contributed by atoms with Gasteiger partial charge in [-0.05, 0) is 48.5 Å². The molecule has 0 radical (unpaired) electrons. The summed E-state index contributed by atoms with van der Waals surface area (Å²) in [6.07, 6.45) is 1.73. The Balaban J connectivity index is 1.53. The van der Waals surface area contributed by atoms with Crippen LogP contribution in [0, 0.1) is 0 Å². The van der Waals surface area contributed by atoms with Crippen LogP contribution >= 0.6 is 35.3 Å². The number of hydrogen-bond donors (Lipinski definition) is 0. The van der Waals surface area contributed by atoms with Gasteiger partial charge in [-0.25, -0.2) is 0 Å². The van der Waals surface area contributed by atoms with Gasteiger partial charge in [-0.2, -0.15) is 0 Å². The van der Waals surface area contributed by atoms with Gasteiger partial charge in [0, 0.05) is 34.9 Å². The summed E-state index contributed by atoms with van der Waals surface area (Å²) in [6.45, 7) is 1.03. The van der Waals surface area contributed by atoms with Gasteiger partial charge in [0.25, 0.3) is 0 Å². The third-order valence-corrected chi connectivity index (χ3v) is 8.00. The zero-order valence-electron chi connectivity index (χ0n) is 17.8. The van der Waals surface area contributed by atoms with Crippen LogP contribution in [-0.4, -0.2) is 6.61 Å². The van der Waals surface area contributed by atoms with Gasteiger partial charge in [0.05, 0.1) is 6.61 Å². The second kappa shape index (κ2) is 11.0. The van der Waals surface area contributed by atoms with E-state index in [9.17, 15) is 0 Å². The Morgan fingerprint density at radius 2 is 1.00 bits per heavy atom. The smallest absolute Gasteiger partial charge is 0.164 e. The fourth-order valence-corrected chi connectivity index (χ4v) is 6.38. The van der Waals surface area contributed by atoms with Gasteiger partial charge in [0.1, 0.15) is 12.9 Å². The van der Waals surface area contributed by atoms with E-state index in [0.717, 1.165) is 5.76 Å². The maximum absolute atomic E-state index is 6.03. The van der Waals surface area contributed by atoms with Gasteiger partial charge in [-0.1, -0.05) is 89.9 Å². The molecule has 5 heteroatoms. The predicted octanol–water partition coefficient (Wildman–Crippen LogP) is 8.53. The Hall–Kier alpha value is -2.57. The van der Waals surface area contributed by atoms with Crippen molar-refractivity contribution in [3.63, 3.8) is 0 Å². The molecule has 0 bridgehead atoms. The topological polar surface area (TPSA) is 21.8 Å². The fraction of sp³-hybridized carbons (Fsp3) is 0.0714. The van der Waals surface area contributed by atoms with Crippen molar-refractivity contribution in [2.75, 3.05) is 6.61 Å². The average molecular weight is 487 g/mol. The molecular formula is C28H22O2S3. The van der Waals surface area contributed by atoms with E-state index in [1.807, 2.05) is 0 Å². The van der Waals surface area contributed by atoms with Crippen molar-refractivity contribution in [1.29, 1.82) is 0 Å². The molecular weight excluding hydrogens is 465 g/mol. The molecule has 0 spiro atoms. The van der Waals surface area contributed by atoms with E-state index in [2.05, 4.69) is 103 Å². The average Bonchev–Trinajstić information content (AvgIpc) is 3.67. The second-order valence-corrected chi connectivity index (χ2v) is 10.7. The van der Waals surface area contributed by atoms with Crippen LogP contribution < -0.4 is 0 Å². The number of ether oxygens (including phenoxy) is 2. The molecule has 1 aliphatic rings. The van der Waals surface area contributed by atoms with Crippen LogP contribution in [0.3, 0.4) is 0 Å². The molecule has 33 heavy (non-hydrogen) atoms. The lowest BCUT2D eigenvalue weighted by molar-refractivity contribution is 0.128. The van der Waals surface area contributed by atoms with Crippen molar-refractivity contribution in [3.8, 4) is 0 Å². The summed E-state index contributed by atoms with van der Waals surface area (Å²) < 4.78 is 11.2. The first-order chi connectivity index (χ1) is 16.3. The maximum Gasteiger partial charge on any atom is 0.164 e. The highest BCUT2D eigenvalue weighted by molar-refractivity contribution is 8.01. The number of rotatable bonds is 10. The summed E-state index contributed by atoms with van der Waals surface area (Å²) in [6, 6.07) is 36.1. The maximum atomic E-state index is 6.03. The summed E-state index contributed by atoms with van der Waals surface area (Å²) in [7, 11) is 0. The van der Waals surface area contributed by atoms with E-state index < -0.39 is 0 Å². The minimum absolute atomic E-state index is 0.505. The predicted molar refractivity (Wildman–Crippen MR) is 137 cm³/mol. The summed E-state index contributed by atoms with van der Waals surface area (Å²) in [5.74, 6) is 0.903. The van der Waals surface area contributed by atoms with Crippen molar-refractivity contribution in [2.24, 2.45) is 0 Å². The molecule has 0 atom stereocenters. The van der Waals surface area contributed by atoms with Gasteiger partial charge in [0.15, 0.2) is 5.76 Å². The third kappa shape index (κ3) is 6.49. The van der Waals surface area contributed by atoms with E-state index in [1.54, 1.807) is 41.5 Å². The minimum Gasteiger partial charge on any atom is -0.460 e. The molecule has 0 amide bonds. The van der Waals surface area contributed by atoms with Crippen LogP contribution in [0.25, 0.3) is 0 Å². The van der Waals surface area contributed by atoms with Crippen LogP contribution in [0.4, 0.5) is 0 Å². The van der Waals surface area contributed by atoms with Crippen molar-refractivity contribution in [2.45, 2.75) is 36.0 Å². The highest BCUT2D eigenvalue weighted by atomic mass is 32.2. The molecule has 2 nitrogen and oxygen atoms in total. The van der Waals surface area contributed by atoms with Crippen LogP contribution in [0.5, 0.6) is 0 Å². The fourth-order valence-electron chi connectivity index (χ4n) is 3.20. The molecule has 0 aromatic heterocycles. The number of benzene rings is 4. The molecule has 0 saturated carbocycles. The molecule has 0 unspecified atom stereocenters. The third-order valence-electron chi connectivity index (χ3n) is 4.84. The van der Waals surface area contributed by atoms with E-state index in [-0.39, 0.29) is 0 Å². The SMILES string of the molecule is C1=C(COCc2c(Sc3ccccc3)cc(Sc3ccccc3)cc2Sc2ccccc2)O1. The van der Waals surface area contributed by atoms with E-state index >= 15 is 0 Å². The van der Waals surface area contributed by atoms with Gasteiger partial charge >= 0.3 is 0 Å². The molecule has 1 heterocycles. The van der Waals surface area contributed by atoms with Crippen molar-refractivity contribution < 1.29 is 9.47 Å². The monoisotopic (exact) mass is 486 g/mol. The zero-order chi connectivity index (χ0) is 22.3.